The maximum Gasteiger partial charge on any atom is 0.410 e. The smallest absolute Gasteiger partial charge is 0.410 e. The number of carbonyl (C=O) groups excluding carboxylic acids is 2. The Morgan fingerprint density at radius 3 is 2.32 bits per heavy atom. The Bertz CT molecular complexity index is 1050. The molecule has 8 nitrogen and oxygen atoms in total. The molecule has 3 N–H and O–H groups in total. The first-order chi connectivity index (χ1) is 17.5. The third-order valence-corrected chi connectivity index (χ3v) is 7.10. The van der Waals surface area contributed by atoms with Crippen molar-refractivity contribution in [2.45, 2.75) is 44.6 Å². The van der Waals surface area contributed by atoms with E-state index in [2.05, 4.69) is 41.8 Å². The van der Waals surface area contributed by atoms with Gasteiger partial charge in [-0.15, -0.1) is 12.4 Å². The summed E-state index contributed by atoms with van der Waals surface area (Å²) in [7, 11) is 0. The summed E-state index contributed by atoms with van der Waals surface area (Å²) in [4.78, 5) is 38.9. The second-order valence-corrected chi connectivity index (χ2v) is 9.49. The zero-order valence-corrected chi connectivity index (χ0v) is 22.0. The average Bonchev–Trinajstić information content (AvgIpc) is 3.50. The van der Waals surface area contributed by atoms with Gasteiger partial charge in [-0.05, 0) is 48.1 Å². The van der Waals surface area contributed by atoms with Crippen LogP contribution in [-0.2, 0) is 14.3 Å². The minimum atomic E-state index is -0.959. The number of hydrogen-bond donors (Lipinski definition) is 3. The second-order valence-electron chi connectivity index (χ2n) is 9.49. The lowest BCUT2D eigenvalue weighted by atomic mass is 9.98. The van der Waals surface area contributed by atoms with Gasteiger partial charge in [0.1, 0.15) is 12.6 Å². The molecular weight excluding hydrogens is 494 g/mol. The minimum Gasteiger partial charge on any atom is -0.481 e. The lowest BCUT2D eigenvalue weighted by Crippen LogP contribution is -2.48. The van der Waals surface area contributed by atoms with E-state index in [-0.39, 0.29) is 43.9 Å². The monoisotopic (exact) mass is 529 g/mol. The molecule has 37 heavy (non-hydrogen) atoms. The average molecular weight is 530 g/mol. The van der Waals surface area contributed by atoms with Crippen molar-refractivity contribution >= 4 is 30.4 Å². The molecule has 1 fully saturated rings. The fourth-order valence-electron chi connectivity index (χ4n) is 5.10. The summed E-state index contributed by atoms with van der Waals surface area (Å²) in [6, 6.07) is 15.6. The number of hydrogen-bond acceptors (Lipinski definition) is 5. The molecule has 0 spiro atoms. The molecule has 1 unspecified atom stereocenters. The van der Waals surface area contributed by atoms with Crippen LogP contribution in [0.4, 0.5) is 4.79 Å². The van der Waals surface area contributed by atoms with Crippen molar-refractivity contribution in [1.29, 1.82) is 0 Å². The molecule has 0 aromatic heterocycles. The van der Waals surface area contributed by atoms with Gasteiger partial charge in [-0.1, -0.05) is 61.9 Å². The number of likely N-dealkylation sites (tertiary alicyclic amines) is 1. The first kappa shape index (κ1) is 28.5. The van der Waals surface area contributed by atoms with Crippen LogP contribution < -0.4 is 10.6 Å². The highest BCUT2D eigenvalue weighted by Crippen LogP contribution is 2.44. The van der Waals surface area contributed by atoms with Crippen molar-refractivity contribution < 1.29 is 24.2 Å². The molecule has 9 heteroatoms. The van der Waals surface area contributed by atoms with Crippen molar-refractivity contribution in [3.05, 3.63) is 59.7 Å². The SMILES string of the molecule is CCCCNCC(CNC(=O)[C@@H]1CCCN1C(=O)OCC1c2ccccc2-c2ccccc21)C(=O)O.Cl. The van der Waals surface area contributed by atoms with Gasteiger partial charge in [0.2, 0.25) is 5.91 Å². The number of aliphatic carboxylic acids is 1. The Balaban J connectivity index is 0.00000380. The second kappa shape index (κ2) is 13.4. The van der Waals surface area contributed by atoms with Crippen LogP contribution in [0.25, 0.3) is 11.1 Å². The molecule has 4 rings (SSSR count). The summed E-state index contributed by atoms with van der Waals surface area (Å²) < 4.78 is 5.75. The molecule has 1 aliphatic carbocycles. The number of unbranched alkanes of at least 4 members (excludes halogenated alkanes) is 1. The number of benzene rings is 2. The molecule has 2 atom stereocenters. The number of nitrogens with one attached hydrogen (secondary N) is 2. The zero-order chi connectivity index (χ0) is 25.5. The van der Waals surface area contributed by atoms with Crippen molar-refractivity contribution in [2.75, 3.05) is 32.8 Å². The number of carboxylic acids is 1. The van der Waals surface area contributed by atoms with Gasteiger partial charge in [0.15, 0.2) is 0 Å². The molecular formula is C28H36ClN3O5. The summed E-state index contributed by atoms with van der Waals surface area (Å²) in [6.07, 6.45) is 2.71. The van der Waals surface area contributed by atoms with E-state index in [0.29, 0.717) is 19.4 Å². The van der Waals surface area contributed by atoms with E-state index < -0.39 is 24.0 Å². The molecule has 2 amide bonds. The predicted octanol–water partition coefficient (Wildman–Crippen LogP) is 4.03. The van der Waals surface area contributed by atoms with Crippen LogP contribution in [0.15, 0.2) is 48.5 Å². The largest absolute Gasteiger partial charge is 0.481 e. The molecule has 2 aromatic rings. The lowest BCUT2D eigenvalue weighted by molar-refractivity contribution is -0.141. The van der Waals surface area contributed by atoms with E-state index >= 15 is 0 Å². The number of halogens is 1. The van der Waals surface area contributed by atoms with Gasteiger partial charge in [-0.2, -0.15) is 0 Å². The van der Waals surface area contributed by atoms with Gasteiger partial charge >= 0.3 is 12.1 Å². The summed E-state index contributed by atoms with van der Waals surface area (Å²) in [5.41, 5.74) is 4.58. The van der Waals surface area contributed by atoms with Crippen LogP contribution in [0.1, 0.15) is 49.7 Å². The van der Waals surface area contributed by atoms with Crippen LogP contribution >= 0.6 is 12.4 Å². The summed E-state index contributed by atoms with van der Waals surface area (Å²) in [5, 5.41) is 15.4. The van der Waals surface area contributed by atoms with Crippen LogP contribution in [0.5, 0.6) is 0 Å². The Labute approximate surface area is 224 Å². The number of rotatable bonds is 11. The number of amides is 2. The van der Waals surface area contributed by atoms with Crippen molar-refractivity contribution in [3.63, 3.8) is 0 Å². The van der Waals surface area contributed by atoms with Gasteiger partial charge in [0.05, 0.1) is 5.92 Å². The molecule has 0 saturated carbocycles. The van der Waals surface area contributed by atoms with Crippen LogP contribution in [-0.4, -0.2) is 66.8 Å². The first-order valence-electron chi connectivity index (χ1n) is 12.8. The fourth-order valence-corrected chi connectivity index (χ4v) is 5.10. The number of carbonyl (C=O) groups is 3. The minimum absolute atomic E-state index is 0. The number of fused-ring (bicyclic) bond motifs is 3. The van der Waals surface area contributed by atoms with E-state index in [1.54, 1.807) is 0 Å². The van der Waals surface area contributed by atoms with E-state index in [0.717, 1.165) is 41.6 Å². The molecule has 2 aliphatic rings. The predicted molar refractivity (Wildman–Crippen MR) is 144 cm³/mol. The Kier molecular flexibility index (Phi) is 10.3. The number of nitrogens with zero attached hydrogens (tertiary/aromatic N) is 1. The van der Waals surface area contributed by atoms with Gasteiger partial charge in [-0.3, -0.25) is 14.5 Å². The van der Waals surface area contributed by atoms with Crippen LogP contribution in [0.2, 0.25) is 0 Å². The standard InChI is InChI=1S/C28H35N3O5.ClH/c1-2-3-14-29-16-19(27(33)34)17-30-26(32)25-13-8-15-31(25)28(35)36-18-24-22-11-6-4-9-20(22)21-10-5-7-12-23(21)24;/h4-7,9-12,19,24-25,29H,2-3,8,13-18H2,1H3,(H,30,32)(H,33,34);1H/t19?,25-;/m0./s1. The number of ether oxygens (including phenoxy) is 1. The summed E-state index contributed by atoms with van der Waals surface area (Å²) in [5.74, 6) is -2.07. The van der Waals surface area contributed by atoms with Crippen molar-refractivity contribution in [2.24, 2.45) is 5.92 Å². The lowest BCUT2D eigenvalue weighted by Gasteiger charge is -2.25. The van der Waals surface area contributed by atoms with Gasteiger partial charge in [-0.25, -0.2) is 4.79 Å². The summed E-state index contributed by atoms with van der Waals surface area (Å²) >= 11 is 0. The van der Waals surface area contributed by atoms with Crippen molar-refractivity contribution in [1.82, 2.24) is 15.5 Å². The highest BCUT2D eigenvalue weighted by Gasteiger charge is 2.37. The Hall–Kier alpha value is -3.10. The highest BCUT2D eigenvalue weighted by molar-refractivity contribution is 5.87. The topological polar surface area (TPSA) is 108 Å². The van der Waals surface area contributed by atoms with E-state index in [1.807, 2.05) is 24.3 Å². The first-order valence-corrected chi connectivity index (χ1v) is 12.8. The summed E-state index contributed by atoms with van der Waals surface area (Å²) in [6.45, 7) is 3.75. The normalized spacial score (nSPS) is 16.9. The van der Waals surface area contributed by atoms with Gasteiger partial charge in [0, 0.05) is 25.6 Å². The molecule has 2 aromatic carbocycles. The van der Waals surface area contributed by atoms with Gasteiger partial charge < -0.3 is 20.5 Å². The van der Waals surface area contributed by atoms with E-state index in [1.165, 1.54) is 4.90 Å². The van der Waals surface area contributed by atoms with E-state index in [4.69, 9.17) is 4.74 Å². The highest BCUT2D eigenvalue weighted by atomic mass is 35.5. The molecule has 200 valence electrons. The van der Waals surface area contributed by atoms with Crippen molar-refractivity contribution in [3.8, 4) is 11.1 Å². The van der Waals surface area contributed by atoms with Gasteiger partial charge in [0.25, 0.3) is 0 Å². The molecule has 0 radical (unpaired) electrons. The van der Waals surface area contributed by atoms with Crippen LogP contribution in [0.3, 0.4) is 0 Å². The molecule has 0 bridgehead atoms. The molecule has 1 aliphatic heterocycles. The van der Waals surface area contributed by atoms with Crippen LogP contribution in [0, 0.1) is 5.92 Å². The zero-order valence-electron chi connectivity index (χ0n) is 21.2. The Morgan fingerprint density at radius 1 is 1.05 bits per heavy atom. The Morgan fingerprint density at radius 2 is 1.70 bits per heavy atom. The maximum atomic E-state index is 13.0. The third-order valence-electron chi connectivity index (χ3n) is 7.10. The van der Waals surface area contributed by atoms with E-state index in [9.17, 15) is 19.5 Å². The molecule has 1 saturated heterocycles. The third kappa shape index (κ3) is 6.62. The quantitative estimate of drug-likeness (QED) is 0.379. The maximum absolute atomic E-state index is 13.0. The fraction of sp³-hybridized carbons (Fsp3) is 0.464. The molecule has 1 heterocycles. The number of carboxylic acid groups (broad SMARTS) is 1.